The molecule has 1 aromatic carbocycles. The maximum Gasteiger partial charge on any atom is 0.244 e. The highest BCUT2D eigenvalue weighted by Crippen LogP contribution is 2.37. The van der Waals surface area contributed by atoms with Gasteiger partial charge in [0.2, 0.25) is 10.0 Å². The molecule has 106 valence electrons. The molecule has 1 saturated carbocycles. The molecule has 0 amide bonds. The maximum absolute atomic E-state index is 12.6. The molecule has 1 atom stereocenters. The summed E-state index contributed by atoms with van der Waals surface area (Å²) in [7, 11) is -1.99. The molecule has 0 saturated heterocycles. The summed E-state index contributed by atoms with van der Waals surface area (Å²) in [6.07, 6.45) is 2.18. The predicted octanol–water partition coefficient (Wildman–Crippen LogP) is 2.65. The van der Waals surface area contributed by atoms with Crippen molar-refractivity contribution in [2.45, 2.75) is 37.6 Å². The van der Waals surface area contributed by atoms with Gasteiger partial charge in [0.15, 0.2) is 0 Å². The number of nitrogen functional groups attached to an aromatic ring is 1. The molecule has 19 heavy (non-hydrogen) atoms. The molecule has 6 heteroatoms. The minimum Gasteiger partial charge on any atom is -0.398 e. The number of sulfonamides is 1. The predicted molar refractivity (Wildman–Crippen MR) is 77.7 cm³/mol. The van der Waals surface area contributed by atoms with Gasteiger partial charge < -0.3 is 5.73 Å². The van der Waals surface area contributed by atoms with E-state index in [0.717, 1.165) is 18.4 Å². The van der Waals surface area contributed by atoms with E-state index in [1.165, 1.54) is 10.4 Å². The van der Waals surface area contributed by atoms with Gasteiger partial charge in [-0.15, -0.1) is 0 Å². The van der Waals surface area contributed by atoms with Gasteiger partial charge in [-0.25, -0.2) is 8.42 Å². The Labute approximate surface area is 119 Å². The van der Waals surface area contributed by atoms with Crippen molar-refractivity contribution in [3.05, 3.63) is 22.7 Å². The number of hydrogen-bond donors (Lipinski definition) is 1. The van der Waals surface area contributed by atoms with Crippen molar-refractivity contribution < 1.29 is 8.42 Å². The lowest BCUT2D eigenvalue weighted by molar-refractivity contribution is 0.357. The Bertz CT molecular complexity index is 597. The zero-order valence-corrected chi connectivity index (χ0v) is 12.9. The van der Waals surface area contributed by atoms with E-state index in [9.17, 15) is 8.42 Å². The topological polar surface area (TPSA) is 63.4 Å². The number of rotatable bonds is 4. The zero-order chi connectivity index (χ0) is 14.4. The van der Waals surface area contributed by atoms with Crippen molar-refractivity contribution in [3.63, 3.8) is 0 Å². The van der Waals surface area contributed by atoms with Crippen LogP contribution in [0.5, 0.6) is 0 Å². The van der Waals surface area contributed by atoms with Crippen molar-refractivity contribution >= 4 is 27.3 Å². The van der Waals surface area contributed by atoms with Gasteiger partial charge in [-0.1, -0.05) is 11.6 Å². The Kier molecular flexibility index (Phi) is 3.82. The van der Waals surface area contributed by atoms with Crippen molar-refractivity contribution in [2.75, 3.05) is 12.8 Å². The third-order valence-electron chi connectivity index (χ3n) is 3.86. The molecule has 0 bridgehead atoms. The summed E-state index contributed by atoms with van der Waals surface area (Å²) in [4.78, 5) is 0.0901. The summed E-state index contributed by atoms with van der Waals surface area (Å²) in [5.41, 5.74) is 7.01. The van der Waals surface area contributed by atoms with E-state index in [0.29, 0.717) is 11.6 Å². The van der Waals surface area contributed by atoms with Crippen molar-refractivity contribution in [1.82, 2.24) is 4.31 Å². The summed E-state index contributed by atoms with van der Waals surface area (Å²) in [5, 5.41) is 0.224. The Morgan fingerprint density at radius 3 is 2.53 bits per heavy atom. The van der Waals surface area contributed by atoms with E-state index in [4.69, 9.17) is 17.3 Å². The Morgan fingerprint density at radius 2 is 2.00 bits per heavy atom. The van der Waals surface area contributed by atoms with Crippen LogP contribution in [-0.4, -0.2) is 25.8 Å². The van der Waals surface area contributed by atoms with Crippen LogP contribution in [0, 0.1) is 12.8 Å². The second-order valence-corrected chi connectivity index (χ2v) is 7.61. The molecule has 1 fully saturated rings. The molecule has 0 radical (unpaired) electrons. The minimum atomic E-state index is -3.59. The smallest absolute Gasteiger partial charge is 0.244 e. The highest BCUT2D eigenvalue weighted by molar-refractivity contribution is 7.89. The summed E-state index contributed by atoms with van der Waals surface area (Å²) < 4.78 is 26.6. The molecule has 0 aromatic heterocycles. The van der Waals surface area contributed by atoms with Gasteiger partial charge in [-0.3, -0.25) is 0 Å². The second-order valence-electron chi connectivity index (χ2n) is 5.24. The quantitative estimate of drug-likeness (QED) is 0.870. The van der Waals surface area contributed by atoms with Crippen LogP contribution < -0.4 is 5.73 Å². The number of nitrogens with zero attached hydrogens (tertiary/aromatic N) is 1. The first-order chi connectivity index (χ1) is 8.75. The highest BCUT2D eigenvalue weighted by atomic mass is 35.5. The molecule has 0 spiro atoms. The van der Waals surface area contributed by atoms with Crippen LogP contribution in [0.3, 0.4) is 0 Å². The largest absolute Gasteiger partial charge is 0.398 e. The normalized spacial score (nSPS) is 17.7. The lowest BCUT2D eigenvalue weighted by Crippen LogP contribution is -2.36. The third-order valence-corrected chi connectivity index (χ3v) is 6.26. The van der Waals surface area contributed by atoms with Crippen LogP contribution in [0.1, 0.15) is 25.3 Å². The minimum absolute atomic E-state index is 0.0106. The Balaban J connectivity index is 2.41. The summed E-state index contributed by atoms with van der Waals surface area (Å²) in [6, 6.07) is 3.03. The molecule has 0 aliphatic heterocycles. The van der Waals surface area contributed by atoms with Crippen molar-refractivity contribution in [1.29, 1.82) is 0 Å². The van der Waals surface area contributed by atoms with Crippen LogP contribution in [0.4, 0.5) is 5.69 Å². The molecule has 1 aliphatic carbocycles. The van der Waals surface area contributed by atoms with Crippen molar-refractivity contribution in [3.8, 4) is 0 Å². The van der Waals surface area contributed by atoms with Crippen LogP contribution in [0.15, 0.2) is 17.0 Å². The van der Waals surface area contributed by atoms with E-state index in [1.807, 2.05) is 6.92 Å². The monoisotopic (exact) mass is 302 g/mol. The first-order valence-electron chi connectivity index (χ1n) is 6.28. The molecule has 4 nitrogen and oxygen atoms in total. The van der Waals surface area contributed by atoms with E-state index < -0.39 is 10.0 Å². The maximum atomic E-state index is 12.6. The van der Waals surface area contributed by atoms with E-state index in [1.54, 1.807) is 20.0 Å². The average Bonchev–Trinajstić information content (AvgIpc) is 3.15. The highest BCUT2D eigenvalue weighted by Gasteiger charge is 2.36. The summed E-state index contributed by atoms with van der Waals surface area (Å²) in [6.45, 7) is 3.73. The summed E-state index contributed by atoms with van der Waals surface area (Å²) >= 11 is 6.07. The fraction of sp³-hybridized carbons (Fsp3) is 0.538. The molecule has 1 aromatic rings. The van der Waals surface area contributed by atoms with Gasteiger partial charge >= 0.3 is 0 Å². The van der Waals surface area contributed by atoms with Crippen LogP contribution in [0.25, 0.3) is 0 Å². The Morgan fingerprint density at radius 1 is 1.42 bits per heavy atom. The van der Waals surface area contributed by atoms with Crippen molar-refractivity contribution in [2.24, 2.45) is 5.92 Å². The fourth-order valence-corrected chi connectivity index (χ4v) is 4.13. The number of anilines is 1. The van der Waals surface area contributed by atoms with Crippen LogP contribution >= 0.6 is 11.6 Å². The SMILES string of the molecule is Cc1cc(Cl)c(S(=O)(=O)N(C)C(C)C2CC2)cc1N. The zero-order valence-electron chi connectivity index (χ0n) is 11.4. The molecule has 0 heterocycles. The lowest BCUT2D eigenvalue weighted by Gasteiger charge is -2.25. The number of nitrogens with two attached hydrogens (primary N) is 1. The van der Waals surface area contributed by atoms with Gasteiger partial charge in [0.05, 0.1) is 5.02 Å². The molecule has 1 aliphatic rings. The third kappa shape index (κ3) is 2.73. The molecule has 2 N–H and O–H groups in total. The van der Waals surface area contributed by atoms with Gasteiger partial charge in [0.25, 0.3) is 0 Å². The first kappa shape index (κ1) is 14.6. The van der Waals surface area contributed by atoms with Gasteiger partial charge in [-0.2, -0.15) is 4.31 Å². The fourth-order valence-electron chi connectivity index (χ4n) is 2.12. The van der Waals surface area contributed by atoms with Gasteiger partial charge in [0.1, 0.15) is 4.90 Å². The van der Waals surface area contributed by atoms with Gasteiger partial charge in [0, 0.05) is 18.8 Å². The standard InChI is InChI=1S/C13H19ClN2O2S/c1-8-6-11(14)13(7-12(8)15)19(17,18)16(3)9(2)10-4-5-10/h6-7,9-10H,4-5,15H2,1-3H3. The Hall–Kier alpha value is -0.780. The molecule has 1 unspecified atom stereocenters. The second kappa shape index (κ2) is 4.96. The summed E-state index contributed by atoms with van der Waals surface area (Å²) in [5.74, 6) is 0.460. The number of halogens is 1. The number of benzene rings is 1. The van der Waals surface area contributed by atoms with E-state index in [2.05, 4.69) is 0 Å². The van der Waals surface area contributed by atoms with E-state index >= 15 is 0 Å². The average molecular weight is 303 g/mol. The number of aryl methyl sites for hydroxylation is 1. The van der Waals surface area contributed by atoms with Crippen LogP contribution in [-0.2, 0) is 10.0 Å². The van der Waals surface area contributed by atoms with Gasteiger partial charge in [-0.05, 0) is 50.3 Å². The lowest BCUT2D eigenvalue weighted by atomic mass is 10.2. The molecular formula is C13H19ClN2O2S. The number of hydrogen-bond acceptors (Lipinski definition) is 3. The molecular weight excluding hydrogens is 284 g/mol. The first-order valence-corrected chi connectivity index (χ1v) is 8.10. The van der Waals surface area contributed by atoms with E-state index in [-0.39, 0.29) is 16.0 Å². The van der Waals surface area contributed by atoms with Crippen LogP contribution in [0.2, 0.25) is 5.02 Å². The molecule has 2 rings (SSSR count).